The Labute approximate surface area is 129 Å². The van der Waals surface area contributed by atoms with Crippen molar-refractivity contribution >= 4 is 5.69 Å². The monoisotopic (exact) mass is 291 g/mol. The molecule has 1 aromatic carbocycles. The van der Waals surface area contributed by atoms with Crippen LogP contribution in [0.1, 0.15) is 25.5 Å². The van der Waals surface area contributed by atoms with Gasteiger partial charge in [-0.15, -0.1) is 0 Å². The summed E-state index contributed by atoms with van der Waals surface area (Å²) in [5.74, 6) is 0. The molecule has 0 aromatic heterocycles. The highest BCUT2D eigenvalue weighted by molar-refractivity contribution is 5.46. The first-order valence-corrected chi connectivity index (χ1v) is 7.94. The number of rotatable bonds is 6. The third kappa shape index (κ3) is 4.70. The summed E-state index contributed by atoms with van der Waals surface area (Å²) in [5, 5.41) is 3.60. The van der Waals surface area contributed by atoms with Crippen LogP contribution in [0.2, 0.25) is 0 Å². The van der Waals surface area contributed by atoms with Crippen LogP contribution in [-0.4, -0.2) is 57.9 Å². The molecule has 0 spiro atoms. The van der Waals surface area contributed by atoms with E-state index in [4.69, 9.17) is 4.74 Å². The van der Waals surface area contributed by atoms with Crippen LogP contribution in [0.4, 0.5) is 5.69 Å². The van der Waals surface area contributed by atoms with E-state index in [0.717, 1.165) is 32.8 Å². The van der Waals surface area contributed by atoms with Gasteiger partial charge in [-0.05, 0) is 31.2 Å². The summed E-state index contributed by atoms with van der Waals surface area (Å²) in [6.45, 7) is 9.40. The molecule has 1 N–H and O–H groups in total. The molecule has 1 heterocycles. The molecular weight excluding hydrogens is 262 g/mol. The second kappa shape index (κ2) is 7.78. The Hall–Kier alpha value is -1.10. The molecule has 0 amide bonds. The number of hydrogen-bond acceptors (Lipinski definition) is 4. The first-order valence-electron chi connectivity index (χ1n) is 7.94. The van der Waals surface area contributed by atoms with Crippen LogP contribution in [0.25, 0.3) is 0 Å². The maximum Gasteiger partial charge on any atom is 0.0826 e. The minimum atomic E-state index is 0.308. The summed E-state index contributed by atoms with van der Waals surface area (Å²) >= 11 is 0. The smallest absolute Gasteiger partial charge is 0.0826 e. The zero-order chi connectivity index (χ0) is 15.2. The first kappa shape index (κ1) is 16.3. The SMILES string of the molecule is CCN1CCOC(CNC(C)c2ccc(N(C)C)cc2)C1. The molecule has 2 rings (SSSR count). The van der Waals surface area contributed by atoms with Crippen LogP contribution in [-0.2, 0) is 4.74 Å². The van der Waals surface area contributed by atoms with Crippen molar-refractivity contribution in [2.24, 2.45) is 0 Å². The Morgan fingerprint density at radius 3 is 2.67 bits per heavy atom. The van der Waals surface area contributed by atoms with E-state index in [1.165, 1.54) is 11.3 Å². The number of morpholine rings is 1. The molecule has 4 heteroatoms. The van der Waals surface area contributed by atoms with Crippen molar-refractivity contribution in [1.82, 2.24) is 10.2 Å². The van der Waals surface area contributed by atoms with E-state index in [0.29, 0.717) is 12.1 Å². The van der Waals surface area contributed by atoms with Gasteiger partial charge in [-0.2, -0.15) is 0 Å². The summed E-state index contributed by atoms with van der Waals surface area (Å²) in [5.41, 5.74) is 2.56. The van der Waals surface area contributed by atoms with E-state index >= 15 is 0 Å². The molecular formula is C17H29N3O. The highest BCUT2D eigenvalue weighted by atomic mass is 16.5. The van der Waals surface area contributed by atoms with E-state index in [1.807, 2.05) is 0 Å². The number of anilines is 1. The van der Waals surface area contributed by atoms with Gasteiger partial charge in [0, 0.05) is 45.5 Å². The average Bonchev–Trinajstić information content (AvgIpc) is 2.53. The fourth-order valence-electron chi connectivity index (χ4n) is 2.68. The second-order valence-electron chi connectivity index (χ2n) is 6.00. The van der Waals surface area contributed by atoms with Crippen molar-refractivity contribution in [2.75, 3.05) is 51.8 Å². The number of likely N-dealkylation sites (N-methyl/N-ethyl adjacent to an activating group) is 1. The van der Waals surface area contributed by atoms with Crippen LogP contribution in [0.5, 0.6) is 0 Å². The quantitative estimate of drug-likeness (QED) is 0.869. The van der Waals surface area contributed by atoms with Crippen molar-refractivity contribution < 1.29 is 4.74 Å². The normalized spacial score (nSPS) is 21.2. The number of nitrogens with one attached hydrogen (secondary N) is 1. The van der Waals surface area contributed by atoms with Crippen molar-refractivity contribution in [3.8, 4) is 0 Å². The standard InChI is InChI=1S/C17H29N3O/c1-5-20-10-11-21-17(13-20)12-18-14(2)15-6-8-16(9-7-15)19(3)4/h6-9,14,17-18H,5,10-13H2,1-4H3. The van der Waals surface area contributed by atoms with Gasteiger partial charge in [0.2, 0.25) is 0 Å². The predicted molar refractivity (Wildman–Crippen MR) is 89.0 cm³/mol. The van der Waals surface area contributed by atoms with Gasteiger partial charge in [0.15, 0.2) is 0 Å². The molecule has 0 aliphatic carbocycles. The molecule has 1 aliphatic rings. The van der Waals surface area contributed by atoms with Crippen LogP contribution in [0.15, 0.2) is 24.3 Å². The van der Waals surface area contributed by atoms with Gasteiger partial charge in [0.05, 0.1) is 12.7 Å². The Morgan fingerprint density at radius 1 is 1.33 bits per heavy atom. The lowest BCUT2D eigenvalue weighted by atomic mass is 10.1. The first-order chi connectivity index (χ1) is 10.1. The van der Waals surface area contributed by atoms with E-state index in [2.05, 4.69) is 67.3 Å². The van der Waals surface area contributed by atoms with Gasteiger partial charge in [-0.1, -0.05) is 19.1 Å². The molecule has 0 bridgehead atoms. The van der Waals surface area contributed by atoms with Gasteiger partial charge in [-0.25, -0.2) is 0 Å². The molecule has 1 aliphatic heterocycles. The van der Waals surface area contributed by atoms with Crippen molar-refractivity contribution in [1.29, 1.82) is 0 Å². The minimum absolute atomic E-state index is 0.308. The highest BCUT2D eigenvalue weighted by Crippen LogP contribution is 2.17. The second-order valence-corrected chi connectivity index (χ2v) is 6.00. The lowest BCUT2D eigenvalue weighted by molar-refractivity contribution is -0.0261. The fraction of sp³-hybridized carbons (Fsp3) is 0.647. The molecule has 118 valence electrons. The molecule has 1 fully saturated rings. The number of hydrogen-bond donors (Lipinski definition) is 1. The average molecular weight is 291 g/mol. The van der Waals surface area contributed by atoms with Crippen molar-refractivity contribution in [2.45, 2.75) is 26.0 Å². The van der Waals surface area contributed by atoms with E-state index < -0.39 is 0 Å². The van der Waals surface area contributed by atoms with E-state index in [1.54, 1.807) is 0 Å². The Morgan fingerprint density at radius 2 is 2.05 bits per heavy atom. The lowest BCUT2D eigenvalue weighted by Crippen LogP contribution is -2.46. The van der Waals surface area contributed by atoms with Crippen molar-refractivity contribution in [3.63, 3.8) is 0 Å². The lowest BCUT2D eigenvalue weighted by Gasteiger charge is -2.32. The van der Waals surface area contributed by atoms with Gasteiger partial charge >= 0.3 is 0 Å². The zero-order valence-electron chi connectivity index (χ0n) is 13.8. The fourth-order valence-corrected chi connectivity index (χ4v) is 2.68. The van der Waals surface area contributed by atoms with Gasteiger partial charge in [0.1, 0.15) is 0 Å². The maximum absolute atomic E-state index is 5.84. The predicted octanol–water partition coefficient (Wildman–Crippen LogP) is 2.12. The van der Waals surface area contributed by atoms with Gasteiger partial charge in [-0.3, -0.25) is 4.90 Å². The van der Waals surface area contributed by atoms with E-state index in [-0.39, 0.29) is 0 Å². The molecule has 1 aromatic rings. The molecule has 21 heavy (non-hydrogen) atoms. The largest absolute Gasteiger partial charge is 0.378 e. The van der Waals surface area contributed by atoms with Crippen molar-refractivity contribution in [3.05, 3.63) is 29.8 Å². The zero-order valence-corrected chi connectivity index (χ0v) is 13.8. The Bertz CT molecular complexity index is 419. The molecule has 2 atom stereocenters. The molecule has 1 saturated heterocycles. The summed E-state index contributed by atoms with van der Waals surface area (Å²) in [6, 6.07) is 9.09. The third-order valence-electron chi connectivity index (χ3n) is 4.23. The topological polar surface area (TPSA) is 27.7 Å². The number of benzene rings is 1. The Balaban J connectivity index is 1.82. The van der Waals surface area contributed by atoms with Crippen LogP contribution >= 0.6 is 0 Å². The van der Waals surface area contributed by atoms with E-state index in [9.17, 15) is 0 Å². The Kier molecular flexibility index (Phi) is 6.03. The number of nitrogens with zero attached hydrogens (tertiary/aromatic N) is 2. The molecule has 4 nitrogen and oxygen atoms in total. The summed E-state index contributed by atoms with van der Waals surface area (Å²) in [6.07, 6.45) is 0.308. The maximum atomic E-state index is 5.84. The molecule has 0 saturated carbocycles. The van der Waals surface area contributed by atoms with Crippen LogP contribution in [0, 0.1) is 0 Å². The summed E-state index contributed by atoms with van der Waals surface area (Å²) < 4.78 is 5.84. The minimum Gasteiger partial charge on any atom is -0.378 e. The highest BCUT2D eigenvalue weighted by Gasteiger charge is 2.19. The van der Waals surface area contributed by atoms with Gasteiger partial charge < -0.3 is 15.0 Å². The molecule has 2 unspecified atom stereocenters. The summed E-state index contributed by atoms with van der Waals surface area (Å²) in [7, 11) is 4.13. The van der Waals surface area contributed by atoms with Gasteiger partial charge in [0.25, 0.3) is 0 Å². The van der Waals surface area contributed by atoms with Crippen LogP contribution < -0.4 is 10.2 Å². The summed E-state index contributed by atoms with van der Waals surface area (Å²) in [4.78, 5) is 4.57. The van der Waals surface area contributed by atoms with Crippen LogP contribution in [0.3, 0.4) is 0 Å². The third-order valence-corrected chi connectivity index (χ3v) is 4.23. The molecule has 0 radical (unpaired) electrons. The number of ether oxygens (including phenoxy) is 1.